The summed E-state index contributed by atoms with van der Waals surface area (Å²) >= 11 is 1.56. The number of urea groups is 1. The molecule has 0 aliphatic rings. The van der Waals surface area contributed by atoms with Gasteiger partial charge in [-0.3, -0.25) is 9.48 Å². The average Bonchev–Trinajstić information content (AvgIpc) is 3.18. The molecule has 4 aromatic rings. The lowest BCUT2D eigenvalue weighted by atomic mass is 10.2. The van der Waals surface area contributed by atoms with Gasteiger partial charge >= 0.3 is 6.03 Å². The van der Waals surface area contributed by atoms with Gasteiger partial charge in [-0.1, -0.05) is 12.1 Å². The predicted octanol–water partition coefficient (Wildman–Crippen LogP) is 4.72. The molecule has 2 aromatic carbocycles. The number of nitrogens with one attached hydrogen (secondary N) is 2. The van der Waals surface area contributed by atoms with Crippen LogP contribution in [0.15, 0.2) is 70.6 Å². The number of carbonyl (C=O) groups is 1. The fourth-order valence-electron chi connectivity index (χ4n) is 3.22. The van der Waals surface area contributed by atoms with Crippen molar-refractivity contribution in [2.24, 2.45) is 0 Å². The lowest BCUT2D eigenvalue weighted by Crippen LogP contribution is -2.22. The smallest absolute Gasteiger partial charge is 0.308 e. The summed E-state index contributed by atoms with van der Waals surface area (Å²) in [6.45, 7) is 5.95. The predicted molar refractivity (Wildman–Crippen MR) is 127 cm³/mol. The Kier molecular flexibility index (Phi) is 6.27. The van der Waals surface area contributed by atoms with Crippen LogP contribution in [0.4, 0.5) is 16.2 Å². The molecule has 0 spiro atoms. The minimum absolute atomic E-state index is 0.116. The molecule has 4 rings (SSSR count). The number of aryl methyl sites for hydroxylation is 1. The molecular formula is C23H24N6O2S. The Morgan fingerprint density at radius 3 is 2.53 bits per heavy atom. The molecule has 0 unspecified atom stereocenters. The van der Waals surface area contributed by atoms with E-state index in [0.29, 0.717) is 22.9 Å². The summed E-state index contributed by atoms with van der Waals surface area (Å²) in [7, 11) is 0. The molecule has 0 radical (unpaired) electrons. The summed E-state index contributed by atoms with van der Waals surface area (Å²) in [6.07, 6.45) is 1.63. The number of amides is 2. The number of carbonyl (C=O) groups excluding carboxylic acids is 1. The molecule has 0 atom stereocenters. The van der Waals surface area contributed by atoms with E-state index in [1.54, 1.807) is 28.8 Å². The van der Waals surface area contributed by atoms with Gasteiger partial charge in [-0.15, -0.1) is 11.8 Å². The van der Waals surface area contributed by atoms with E-state index >= 15 is 0 Å². The van der Waals surface area contributed by atoms with Crippen LogP contribution in [0.25, 0.3) is 5.78 Å². The lowest BCUT2D eigenvalue weighted by Gasteiger charge is -2.09. The van der Waals surface area contributed by atoms with Crippen molar-refractivity contribution < 1.29 is 4.79 Å². The first kappa shape index (κ1) is 21.6. The second kappa shape index (κ2) is 9.27. The maximum Gasteiger partial charge on any atom is 0.323 e. The number of thioether (sulfide) groups is 1. The van der Waals surface area contributed by atoms with Crippen LogP contribution in [0.2, 0.25) is 0 Å². The number of hydrogen-bond acceptors (Lipinski definition) is 5. The van der Waals surface area contributed by atoms with Crippen molar-refractivity contribution >= 4 is 34.9 Å². The van der Waals surface area contributed by atoms with Gasteiger partial charge < -0.3 is 10.6 Å². The van der Waals surface area contributed by atoms with Crippen molar-refractivity contribution in [3.05, 3.63) is 82.5 Å². The summed E-state index contributed by atoms with van der Waals surface area (Å²) < 4.78 is 3.25. The molecule has 2 amide bonds. The second-order valence-electron chi connectivity index (χ2n) is 7.68. The molecule has 0 aliphatic carbocycles. The van der Waals surface area contributed by atoms with Crippen molar-refractivity contribution in [3.8, 4) is 0 Å². The molecule has 2 aromatic heterocycles. The monoisotopic (exact) mass is 448 g/mol. The Morgan fingerprint density at radius 2 is 1.81 bits per heavy atom. The van der Waals surface area contributed by atoms with Crippen molar-refractivity contribution in [2.45, 2.75) is 37.5 Å². The number of hydrogen-bond donors (Lipinski definition) is 2. The molecule has 0 fully saturated rings. The fraction of sp³-hybridized carbons (Fsp3) is 0.217. The Labute approximate surface area is 189 Å². The van der Waals surface area contributed by atoms with Gasteiger partial charge in [0, 0.05) is 34.1 Å². The van der Waals surface area contributed by atoms with Crippen LogP contribution in [-0.2, 0) is 5.75 Å². The third-order valence-corrected chi connectivity index (χ3v) is 5.80. The Morgan fingerprint density at radius 1 is 1.06 bits per heavy atom. The normalized spacial score (nSPS) is 11.1. The minimum Gasteiger partial charge on any atom is -0.308 e. The molecule has 164 valence electrons. The standard InChI is InChI=1S/C23H24N6O2S/c1-15(2)28-14-24-22-25-19(12-21(30)29(22)28)13-32-20-9-7-17(8-10-20)26-23(31)27-18-6-4-5-16(3)11-18/h4-12,14-15H,13H2,1-3H3,(H2,26,27,31). The Balaban J connectivity index is 1.37. The Bertz CT molecular complexity index is 1310. The number of fused-ring (bicyclic) bond motifs is 1. The van der Waals surface area contributed by atoms with Gasteiger partial charge in [0.05, 0.1) is 5.69 Å². The molecule has 32 heavy (non-hydrogen) atoms. The average molecular weight is 449 g/mol. The zero-order chi connectivity index (χ0) is 22.7. The van der Waals surface area contributed by atoms with Crippen molar-refractivity contribution in [1.29, 1.82) is 0 Å². The molecule has 0 saturated carbocycles. The third kappa shape index (κ3) is 5.00. The summed E-state index contributed by atoms with van der Waals surface area (Å²) in [6, 6.07) is 16.5. The Hall–Kier alpha value is -3.59. The maximum absolute atomic E-state index is 12.5. The van der Waals surface area contributed by atoms with Gasteiger partial charge in [0.1, 0.15) is 6.33 Å². The quantitative estimate of drug-likeness (QED) is 0.417. The minimum atomic E-state index is -0.296. The molecular weight excluding hydrogens is 424 g/mol. The first-order valence-corrected chi connectivity index (χ1v) is 11.2. The lowest BCUT2D eigenvalue weighted by molar-refractivity contribution is 0.262. The largest absolute Gasteiger partial charge is 0.323 e. The van der Waals surface area contributed by atoms with Crippen molar-refractivity contribution in [2.75, 3.05) is 10.6 Å². The molecule has 0 aliphatic heterocycles. The second-order valence-corrected chi connectivity index (χ2v) is 8.73. The number of benzene rings is 2. The zero-order valence-corrected chi connectivity index (χ0v) is 18.9. The van der Waals surface area contributed by atoms with Gasteiger partial charge in [-0.05, 0) is 62.7 Å². The first-order valence-electron chi connectivity index (χ1n) is 10.2. The van der Waals surface area contributed by atoms with Gasteiger partial charge in [-0.25, -0.2) is 9.78 Å². The number of nitrogens with zero attached hydrogens (tertiary/aromatic N) is 4. The highest BCUT2D eigenvalue weighted by Crippen LogP contribution is 2.23. The van der Waals surface area contributed by atoms with Crippen LogP contribution in [0.1, 0.15) is 31.1 Å². The summed E-state index contributed by atoms with van der Waals surface area (Å²) in [5, 5.41) is 5.64. The molecule has 2 N–H and O–H groups in total. The van der Waals surface area contributed by atoms with Crippen LogP contribution >= 0.6 is 11.8 Å². The summed E-state index contributed by atoms with van der Waals surface area (Å²) in [5.74, 6) is 0.946. The van der Waals surface area contributed by atoms with Gasteiger partial charge in [0.25, 0.3) is 11.3 Å². The zero-order valence-electron chi connectivity index (χ0n) is 18.1. The van der Waals surface area contributed by atoms with Crippen molar-refractivity contribution in [3.63, 3.8) is 0 Å². The van der Waals surface area contributed by atoms with E-state index in [-0.39, 0.29) is 17.6 Å². The van der Waals surface area contributed by atoms with Gasteiger partial charge in [0.2, 0.25) is 0 Å². The molecule has 8 nitrogen and oxygen atoms in total. The van der Waals surface area contributed by atoms with E-state index in [1.165, 1.54) is 4.52 Å². The van der Waals surface area contributed by atoms with Crippen LogP contribution in [0, 0.1) is 6.92 Å². The highest BCUT2D eigenvalue weighted by molar-refractivity contribution is 7.98. The molecule has 9 heteroatoms. The highest BCUT2D eigenvalue weighted by Gasteiger charge is 2.10. The van der Waals surface area contributed by atoms with Crippen LogP contribution in [-0.4, -0.2) is 25.2 Å². The van der Waals surface area contributed by atoms with Crippen LogP contribution in [0.5, 0.6) is 0 Å². The number of aromatic nitrogens is 4. The summed E-state index contributed by atoms with van der Waals surface area (Å²) in [4.78, 5) is 34.5. The van der Waals surface area contributed by atoms with Crippen LogP contribution in [0.3, 0.4) is 0 Å². The number of rotatable bonds is 6. The third-order valence-electron chi connectivity index (χ3n) is 4.76. The SMILES string of the molecule is Cc1cccc(NC(=O)Nc2ccc(SCc3cc(=O)n4c(ncn4C(C)C)n3)cc2)c1. The maximum atomic E-state index is 12.5. The fourth-order valence-corrected chi connectivity index (χ4v) is 4.01. The topological polar surface area (TPSA) is 93.3 Å². The van der Waals surface area contributed by atoms with E-state index in [2.05, 4.69) is 20.6 Å². The van der Waals surface area contributed by atoms with E-state index in [9.17, 15) is 9.59 Å². The summed E-state index contributed by atoms with van der Waals surface area (Å²) in [5.41, 5.74) is 3.04. The molecule has 0 bridgehead atoms. The van der Waals surface area contributed by atoms with Crippen molar-refractivity contribution in [1.82, 2.24) is 19.2 Å². The van der Waals surface area contributed by atoms with E-state index in [1.807, 2.05) is 69.3 Å². The molecule has 2 heterocycles. The molecule has 0 saturated heterocycles. The van der Waals surface area contributed by atoms with Gasteiger partial charge in [-0.2, -0.15) is 9.50 Å². The van der Waals surface area contributed by atoms with Gasteiger partial charge in [0.15, 0.2) is 0 Å². The highest BCUT2D eigenvalue weighted by atomic mass is 32.2. The van der Waals surface area contributed by atoms with E-state index in [0.717, 1.165) is 16.1 Å². The first-order chi connectivity index (χ1) is 15.4. The van der Waals surface area contributed by atoms with E-state index in [4.69, 9.17) is 0 Å². The van der Waals surface area contributed by atoms with E-state index < -0.39 is 0 Å². The van der Waals surface area contributed by atoms with Crippen LogP contribution < -0.4 is 16.2 Å². The number of anilines is 2.